The molecule has 0 fully saturated rings. The molecule has 1 atom stereocenters. The summed E-state index contributed by atoms with van der Waals surface area (Å²) >= 11 is 6.22. The second-order valence-electron chi connectivity index (χ2n) is 8.30. The van der Waals surface area contributed by atoms with E-state index in [0.717, 1.165) is 9.87 Å². The minimum absolute atomic E-state index is 0.0177. The maximum absolute atomic E-state index is 13.8. The molecule has 38 heavy (non-hydrogen) atoms. The number of nitrogens with zero attached hydrogens (tertiary/aromatic N) is 2. The van der Waals surface area contributed by atoms with Gasteiger partial charge in [0, 0.05) is 18.6 Å². The Morgan fingerprint density at radius 2 is 1.63 bits per heavy atom. The molecule has 9 nitrogen and oxygen atoms in total. The van der Waals surface area contributed by atoms with Crippen molar-refractivity contribution in [2.24, 2.45) is 0 Å². The molecule has 0 saturated carbocycles. The van der Waals surface area contributed by atoms with E-state index >= 15 is 0 Å². The molecule has 0 aliphatic rings. The standard InChI is InChI=1S/C27H30ClN3O6S/c1-19(27(33)29-2)30(17-20-10-13-22(36-3)14-11-20)26(32)18-31(24-16-21(28)12-15-25(24)37-4)38(34,35)23-8-6-5-7-9-23/h5-16,19H,17-18H2,1-4H3,(H,29,33)/t19-/m0/s1. The number of carbonyl (C=O) groups excluding carboxylic acids is 2. The van der Waals surface area contributed by atoms with Crippen molar-refractivity contribution in [2.75, 3.05) is 32.1 Å². The lowest BCUT2D eigenvalue weighted by Gasteiger charge is -2.32. The van der Waals surface area contributed by atoms with Crippen molar-refractivity contribution >= 4 is 39.1 Å². The van der Waals surface area contributed by atoms with Crippen LogP contribution in [-0.2, 0) is 26.2 Å². The fraction of sp³-hybridized carbons (Fsp3) is 0.259. The molecule has 0 heterocycles. The Hall–Kier alpha value is -3.76. The van der Waals surface area contributed by atoms with Crippen LogP contribution in [0.4, 0.5) is 5.69 Å². The minimum atomic E-state index is -4.24. The van der Waals surface area contributed by atoms with Gasteiger partial charge in [-0.25, -0.2) is 8.42 Å². The molecule has 0 saturated heterocycles. The third kappa shape index (κ3) is 6.56. The summed E-state index contributed by atoms with van der Waals surface area (Å²) in [6.07, 6.45) is 0. The van der Waals surface area contributed by atoms with Crippen LogP contribution in [0.15, 0.2) is 77.7 Å². The number of sulfonamides is 1. The quantitative estimate of drug-likeness (QED) is 0.384. The third-order valence-electron chi connectivity index (χ3n) is 5.95. The van der Waals surface area contributed by atoms with E-state index in [0.29, 0.717) is 5.75 Å². The number of carbonyl (C=O) groups is 2. The maximum Gasteiger partial charge on any atom is 0.264 e. The first-order chi connectivity index (χ1) is 18.1. The van der Waals surface area contributed by atoms with Crippen molar-refractivity contribution in [3.05, 3.63) is 83.4 Å². The van der Waals surface area contributed by atoms with Gasteiger partial charge in [-0.2, -0.15) is 0 Å². The van der Waals surface area contributed by atoms with E-state index in [1.165, 1.54) is 43.3 Å². The first-order valence-corrected chi connectivity index (χ1v) is 13.5. The first-order valence-electron chi connectivity index (χ1n) is 11.7. The maximum atomic E-state index is 13.8. The first kappa shape index (κ1) is 28.8. The van der Waals surface area contributed by atoms with Gasteiger partial charge in [0.2, 0.25) is 11.8 Å². The lowest BCUT2D eigenvalue weighted by atomic mass is 10.1. The highest BCUT2D eigenvalue weighted by Crippen LogP contribution is 2.35. The smallest absolute Gasteiger partial charge is 0.264 e. The number of anilines is 1. The normalized spacial score (nSPS) is 11.8. The fourth-order valence-corrected chi connectivity index (χ4v) is 5.41. The van der Waals surface area contributed by atoms with E-state index in [-0.39, 0.29) is 27.9 Å². The van der Waals surface area contributed by atoms with Crippen molar-refractivity contribution in [2.45, 2.75) is 24.4 Å². The lowest BCUT2D eigenvalue weighted by Crippen LogP contribution is -2.50. The summed E-state index contributed by atoms with van der Waals surface area (Å²) in [7, 11) is 0.175. The van der Waals surface area contributed by atoms with Gasteiger partial charge in [0.25, 0.3) is 10.0 Å². The van der Waals surface area contributed by atoms with Crippen LogP contribution in [0.3, 0.4) is 0 Å². The van der Waals surface area contributed by atoms with Crippen molar-refractivity contribution in [1.82, 2.24) is 10.2 Å². The van der Waals surface area contributed by atoms with Gasteiger partial charge in [0.1, 0.15) is 24.1 Å². The zero-order chi connectivity index (χ0) is 27.9. The number of methoxy groups -OCH3 is 2. The highest BCUT2D eigenvalue weighted by atomic mass is 35.5. The number of halogens is 1. The van der Waals surface area contributed by atoms with Crippen molar-refractivity contribution in [3.63, 3.8) is 0 Å². The van der Waals surface area contributed by atoms with Gasteiger partial charge in [-0.15, -0.1) is 0 Å². The predicted octanol–water partition coefficient (Wildman–Crippen LogP) is 3.72. The molecule has 2 amide bonds. The van der Waals surface area contributed by atoms with Crippen LogP contribution in [0.5, 0.6) is 11.5 Å². The molecule has 0 spiro atoms. The molecule has 0 unspecified atom stereocenters. The molecule has 0 aliphatic carbocycles. The number of ether oxygens (including phenoxy) is 2. The van der Waals surface area contributed by atoms with Crippen LogP contribution in [-0.4, -0.2) is 59.0 Å². The molecular formula is C27H30ClN3O6S. The number of amides is 2. The highest BCUT2D eigenvalue weighted by Gasteiger charge is 2.33. The summed E-state index contributed by atoms with van der Waals surface area (Å²) in [6, 6.07) is 18.4. The molecule has 1 N–H and O–H groups in total. The number of hydrogen-bond donors (Lipinski definition) is 1. The minimum Gasteiger partial charge on any atom is -0.497 e. The van der Waals surface area contributed by atoms with Gasteiger partial charge in [0.05, 0.1) is 24.8 Å². The molecule has 11 heteroatoms. The van der Waals surface area contributed by atoms with Crippen LogP contribution in [0.2, 0.25) is 5.02 Å². The zero-order valence-electron chi connectivity index (χ0n) is 21.5. The Bertz CT molecular complexity index is 1370. The van der Waals surface area contributed by atoms with Gasteiger partial charge in [-0.1, -0.05) is 41.9 Å². The molecule has 0 bridgehead atoms. The number of benzene rings is 3. The predicted molar refractivity (Wildman–Crippen MR) is 146 cm³/mol. The van der Waals surface area contributed by atoms with Gasteiger partial charge in [-0.3, -0.25) is 13.9 Å². The Morgan fingerprint density at radius 3 is 2.21 bits per heavy atom. The van der Waals surface area contributed by atoms with Gasteiger partial charge >= 0.3 is 0 Å². The third-order valence-corrected chi connectivity index (χ3v) is 7.95. The Morgan fingerprint density at radius 1 is 0.974 bits per heavy atom. The number of hydrogen-bond acceptors (Lipinski definition) is 6. The summed E-state index contributed by atoms with van der Waals surface area (Å²) in [4.78, 5) is 27.7. The summed E-state index contributed by atoms with van der Waals surface area (Å²) in [5, 5.41) is 2.81. The highest BCUT2D eigenvalue weighted by molar-refractivity contribution is 7.92. The summed E-state index contributed by atoms with van der Waals surface area (Å²) < 4.78 is 39.2. The molecule has 3 rings (SSSR count). The fourth-order valence-electron chi connectivity index (χ4n) is 3.81. The monoisotopic (exact) mass is 559 g/mol. The van der Waals surface area contributed by atoms with Crippen LogP contribution >= 0.6 is 11.6 Å². The zero-order valence-corrected chi connectivity index (χ0v) is 23.1. The molecular weight excluding hydrogens is 530 g/mol. The lowest BCUT2D eigenvalue weighted by molar-refractivity contribution is -0.139. The molecule has 202 valence electrons. The molecule has 0 aromatic heterocycles. The van der Waals surface area contributed by atoms with E-state index in [2.05, 4.69) is 5.32 Å². The number of rotatable bonds is 11. The van der Waals surface area contributed by atoms with E-state index in [1.54, 1.807) is 62.6 Å². The van der Waals surface area contributed by atoms with Crippen molar-refractivity contribution < 1.29 is 27.5 Å². The second-order valence-corrected chi connectivity index (χ2v) is 10.6. The Balaban J connectivity index is 2.07. The van der Waals surface area contributed by atoms with Crippen LogP contribution in [0.1, 0.15) is 12.5 Å². The number of likely N-dealkylation sites (N-methyl/N-ethyl adjacent to an activating group) is 1. The SMILES string of the molecule is CNC(=O)[C@H](C)N(Cc1ccc(OC)cc1)C(=O)CN(c1cc(Cl)ccc1OC)S(=O)(=O)c1ccccc1. The molecule has 3 aromatic rings. The van der Waals surface area contributed by atoms with Crippen LogP contribution < -0.4 is 19.1 Å². The van der Waals surface area contributed by atoms with E-state index in [4.69, 9.17) is 21.1 Å². The topological polar surface area (TPSA) is 105 Å². The van der Waals surface area contributed by atoms with E-state index < -0.39 is 34.4 Å². The van der Waals surface area contributed by atoms with Gasteiger partial charge < -0.3 is 19.7 Å². The van der Waals surface area contributed by atoms with E-state index in [9.17, 15) is 18.0 Å². The largest absolute Gasteiger partial charge is 0.497 e. The van der Waals surface area contributed by atoms with Crippen molar-refractivity contribution in [3.8, 4) is 11.5 Å². The van der Waals surface area contributed by atoms with Crippen molar-refractivity contribution in [1.29, 1.82) is 0 Å². The second kappa shape index (κ2) is 12.7. The molecule has 0 aliphatic heterocycles. The number of nitrogens with one attached hydrogen (secondary N) is 1. The van der Waals surface area contributed by atoms with Gasteiger partial charge in [-0.05, 0) is 55.0 Å². The summed E-state index contributed by atoms with van der Waals surface area (Å²) in [5.41, 5.74) is 0.821. The summed E-state index contributed by atoms with van der Waals surface area (Å²) in [5.74, 6) is -0.148. The average Bonchev–Trinajstić information content (AvgIpc) is 2.94. The molecule has 3 aromatic carbocycles. The van der Waals surface area contributed by atoms with Gasteiger partial charge in [0.15, 0.2) is 0 Å². The summed E-state index contributed by atoms with van der Waals surface area (Å²) in [6.45, 7) is 1.03. The molecule has 0 radical (unpaired) electrons. The Kier molecular flexibility index (Phi) is 9.60. The van der Waals surface area contributed by atoms with Crippen LogP contribution in [0.25, 0.3) is 0 Å². The average molecular weight is 560 g/mol. The van der Waals surface area contributed by atoms with E-state index in [1.807, 2.05) is 0 Å². The van der Waals surface area contributed by atoms with Crippen LogP contribution in [0, 0.1) is 0 Å². The Labute approximate surface area is 228 Å².